The number of hydrogen-bond donors (Lipinski definition) is 1. The van der Waals surface area contributed by atoms with Crippen molar-refractivity contribution in [2.24, 2.45) is 0 Å². The van der Waals surface area contributed by atoms with Crippen molar-refractivity contribution in [1.82, 2.24) is 0 Å². The molecule has 0 amide bonds. The number of carboxylic acid groups (broad SMARTS) is 1. The van der Waals surface area contributed by atoms with E-state index in [9.17, 15) is 4.79 Å². The molecule has 1 aromatic carbocycles. The summed E-state index contributed by atoms with van der Waals surface area (Å²) in [4.78, 5) is 11.1. The molecule has 0 saturated carbocycles. The standard InChI is InChI=1S/C12H13BrO2/c1-7-2-4-10(12(14)15)9-5-3-8(13)6-11(7)9/h3,5-7,10H,2,4H2,1H3,(H,14,15). The summed E-state index contributed by atoms with van der Waals surface area (Å²) in [5.74, 6) is -0.553. The molecule has 2 atom stereocenters. The minimum absolute atomic E-state index is 0.315. The van der Waals surface area contributed by atoms with Gasteiger partial charge in [0.1, 0.15) is 0 Å². The lowest BCUT2D eigenvalue weighted by molar-refractivity contribution is -0.139. The molecule has 3 heteroatoms. The van der Waals surface area contributed by atoms with Crippen LogP contribution in [0.3, 0.4) is 0 Å². The highest BCUT2D eigenvalue weighted by Gasteiger charge is 2.29. The lowest BCUT2D eigenvalue weighted by Crippen LogP contribution is -2.19. The van der Waals surface area contributed by atoms with Gasteiger partial charge in [-0.2, -0.15) is 0 Å². The zero-order chi connectivity index (χ0) is 11.0. The molecule has 0 fully saturated rings. The number of halogens is 1. The second-order valence-corrected chi connectivity index (χ2v) is 5.06. The summed E-state index contributed by atoms with van der Waals surface area (Å²) < 4.78 is 1.03. The first-order chi connectivity index (χ1) is 7.09. The van der Waals surface area contributed by atoms with E-state index in [1.54, 1.807) is 0 Å². The van der Waals surface area contributed by atoms with Crippen LogP contribution >= 0.6 is 15.9 Å². The second kappa shape index (κ2) is 3.97. The third kappa shape index (κ3) is 1.93. The molecule has 80 valence electrons. The van der Waals surface area contributed by atoms with Crippen molar-refractivity contribution in [1.29, 1.82) is 0 Å². The SMILES string of the molecule is CC1CCC(C(=O)O)c2ccc(Br)cc21. The fraction of sp³-hybridized carbons (Fsp3) is 0.417. The molecule has 15 heavy (non-hydrogen) atoms. The number of benzene rings is 1. The summed E-state index contributed by atoms with van der Waals surface area (Å²) in [5.41, 5.74) is 2.17. The Labute approximate surface area is 97.4 Å². The van der Waals surface area contributed by atoms with Crippen molar-refractivity contribution in [2.45, 2.75) is 31.6 Å². The van der Waals surface area contributed by atoms with Crippen LogP contribution in [0.4, 0.5) is 0 Å². The number of hydrogen-bond acceptors (Lipinski definition) is 1. The smallest absolute Gasteiger partial charge is 0.310 e. The summed E-state index contributed by atoms with van der Waals surface area (Å²) in [5, 5.41) is 9.13. The monoisotopic (exact) mass is 268 g/mol. The van der Waals surface area contributed by atoms with Crippen LogP contribution in [0.2, 0.25) is 0 Å². The molecule has 2 rings (SSSR count). The molecule has 2 nitrogen and oxygen atoms in total. The van der Waals surface area contributed by atoms with Crippen LogP contribution in [-0.4, -0.2) is 11.1 Å². The van der Waals surface area contributed by atoms with E-state index >= 15 is 0 Å². The Bertz CT molecular complexity index is 401. The van der Waals surface area contributed by atoms with E-state index in [-0.39, 0.29) is 5.92 Å². The highest BCUT2D eigenvalue weighted by atomic mass is 79.9. The predicted octanol–water partition coefficient (Wildman–Crippen LogP) is 3.51. The van der Waals surface area contributed by atoms with Gasteiger partial charge in [-0.25, -0.2) is 0 Å². The molecule has 0 aliphatic heterocycles. The molecule has 1 aliphatic carbocycles. The summed E-state index contributed by atoms with van der Waals surface area (Å²) >= 11 is 3.43. The van der Waals surface area contributed by atoms with Crippen LogP contribution in [0.5, 0.6) is 0 Å². The Morgan fingerprint density at radius 1 is 1.40 bits per heavy atom. The molecule has 0 heterocycles. The number of carbonyl (C=O) groups is 1. The van der Waals surface area contributed by atoms with Crippen LogP contribution in [0.15, 0.2) is 22.7 Å². The molecule has 0 spiro atoms. The normalized spacial score (nSPS) is 24.7. The van der Waals surface area contributed by atoms with Gasteiger partial charge < -0.3 is 5.11 Å². The van der Waals surface area contributed by atoms with Gasteiger partial charge in [0.15, 0.2) is 0 Å². The third-order valence-electron chi connectivity index (χ3n) is 3.14. The van der Waals surface area contributed by atoms with E-state index in [0.29, 0.717) is 5.92 Å². The predicted molar refractivity (Wildman–Crippen MR) is 62.2 cm³/mol. The Morgan fingerprint density at radius 3 is 2.80 bits per heavy atom. The van der Waals surface area contributed by atoms with Crippen LogP contribution < -0.4 is 0 Å². The first kappa shape index (κ1) is 10.7. The fourth-order valence-corrected chi connectivity index (χ4v) is 2.65. The maximum Gasteiger partial charge on any atom is 0.310 e. The Morgan fingerprint density at radius 2 is 2.13 bits per heavy atom. The van der Waals surface area contributed by atoms with Gasteiger partial charge in [0.25, 0.3) is 0 Å². The minimum atomic E-state index is -0.703. The molecule has 0 bridgehead atoms. The van der Waals surface area contributed by atoms with Gasteiger partial charge in [-0.1, -0.05) is 28.9 Å². The molecule has 1 aromatic rings. The summed E-state index contributed by atoms with van der Waals surface area (Å²) in [6.45, 7) is 2.16. The van der Waals surface area contributed by atoms with Crippen molar-refractivity contribution < 1.29 is 9.90 Å². The van der Waals surface area contributed by atoms with Crippen molar-refractivity contribution in [3.8, 4) is 0 Å². The van der Waals surface area contributed by atoms with E-state index in [1.807, 2.05) is 12.1 Å². The fourth-order valence-electron chi connectivity index (χ4n) is 2.27. The summed E-state index contributed by atoms with van der Waals surface area (Å²) in [6, 6.07) is 5.91. The minimum Gasteiger partial charge on any atom is -0.481 e. The van der Waals surface area contributed by atoms with Gasteiger partial charge in [0.2, 0.25) is 0 Å². The molecule has 0 aromatic heterocycles. The van der Waals surface area contributed by atoms with Crippen LogP contribution in [-0.2, 0) is 4.79 Å². The highest BCUT2D eigenvalue weighted by Crippen LogP contribution is 2.39. The van der Waals surface area contributed by atoms with E-state index in [4.69, 9.17) is 5.11 Å². The number of rotatable bonds is 1. The quantitative estimate of drug-likeness (QED) is 0.847. The van der Waals surface area contributed by atoms with E-state index in [2.05, 4.69) is 28.9 Å². The maximum absolute atomic E-state index is 11.1. The number of carboxylic acids is 1. The van der Waals surface area contributed by atoms with Gasteiger partial charge in [0.05, 0.1) is 5.92 Å². The maximum atomic E-state index is 11.1. The van der Waals surface area contributed by atoms with Crippen molar-refractivity contribution in [3.63, 3.8) is 0 Å². The topological polar surface area (TPSA) is 37.3 Å². The largest absolute Gasteiger partial charge is 0.481 e. The van der Waals surface area contributed by atoms with Crippen molar-refractivity contribution >= 4 is 21.9 Å². The second-order valence-electron chi connectivity index (χ2n) is 4.14. The number of fused-ring (bicyclic) bond motifs is 1. The first-order valence-electron chi connectivity index (χ1n) is 5.11. The lowest BCUT2D eigenvalue weighted by atomic mass is 9.77. The van der Waals surface area contributed by atoms with Gasteiger partial charge >= 0.3 is 5.97 Å². The Kier molecular flexibility index (Phi) is 2.83. The van der Waals surface area contributed by atoms with E-state index < -0.39 is 5.97 Å². The molecule has 1 N–H and O–H groups in total. The van der Waals surface area contributed by atoms with Gasteiger partial charge in [-0.05, 0) is 42.0 Å². The molecular weight excluding hydrogens is 256 g/mol. The molecule has 0 radical (unpaired) electrons. The van der Waals surface area contributed by atoms with Crippen LogP contribution in [0.1, 0.15) is 42.7 Å². The Hall–Kier alpha value is -0.830. The molecule has 0 saturated heterocycles. The third-order valence-corrected chi connectivity index (χ3v) is 3.63. The molecular formula is C12H13BrO2. The zero-order valence-electron chi connectivity index (χ0n) is 8.53. The number of aliphatic carboxylic acids is 1. The van der Waals surface area contributed by atoms with Crippen molar-refractivity contribution in [2.75, 3.05) is 0 Å². The van der Waals surface area contributed by atoms with Crippen molar-refractivity contribution in [3.05, 3.63) is 33.8 Å². The zero-order valence-corrected chi connectivity index (χ0v) is 10.1. The van der Waals surface area contributed by atoms with Gasteiger partial charge in [0, 0.05) is 4.47 Å². The lowest BCUT2D eigenvalue weighted by Gasteiger charge is -2.27. The average molecular weight is 269 g/mol. The molecule has 2 unspecified atom stereocenters. The van der Waals surface area contributed by atoms with Gasteiger partial charge in [-0.15, -0.1) is 0 Å². The molecule has 1 aliphatic rings. The van der Waals surface area contributed by atoms with Crippen LogP contribution in [0.25, 0.3) is 0 Å². The Balaban J connectivity index is 2.50. The summed E-state index contributed by atoms with van der Waals surface area (Å²) in [6.07, 6.45) is 1.71. The van der Waals surface area contributed by atoms with Gasteiger partial charge in [-0.3, -0.25) is 4.79 Å². The highest BCUT2D eigenvalue weighted by molar-refractivity contribution is 9.10. The van der Waals surface area contributed by atoms with E-state index in [1.165, 1.54) is 5.56 Å². The first-order valence-corrected chi connectivity index (χ1v) is 5.91. The average Bonchev–Trinajstić information content (AvgIpc) is 2.19. The van der Waals surface area contributed by atoms with Crippen LogP contribution in [0, 0.1) is 0 Å². The van der Waals surface area contributed by atoms with E-state index in [0.717, 1.165) is 22.9 Å². The summed E-state index contributed by atoms with van der Waals surface area (Å²) in [7, 11) is 0.